The summed E-state index contributed by atoms with van der Waals surface area (Å²) in [4.78, 5) is 12.0. The Labute approximate surface area is 159 Å². The van der Waals surface area contributed by atoms with Crippen LogP contribution in [0.15, 0.2) is 52.3 Å². The summed E-state index contributed by atoms with van der Waals surface area (Å²) in [7, 11) is -4.00. The number of amidine groups is 1. The third kappa shape index (κ3) is 4.09. The number of benzene rings is 2. The first-order valence-corrected chi connectivity index (χ1v) is 9.95. The van der Waals surface area contributed by atoms with Gasteiger partial charge in [0, 0.05) is 0 Å². The zero-order valence-electron chi connectivity index (χ0n) is 13.4. The average Bonchev–Trinajstić information content (AvgIpc) is 2.88. The van der Waals surface area contributed by atoms with Crippen molar-refractivity contribution >= 4 is 50.6 Å². The maximum atomic E-state index is 12.3. The van der Waals surface area contributed by atoms with E-state index in [-0.39, 0.29) is 26.7 Å². The molecule has 2 N–H and O–H groups in total. The number of nitrogens with one attached hydrogen (secondary N) is 2. The maximum absolute atomic E-state index is 12.3. The predicted octanol–water partition coefficient (Wildman–Crippen LogP) is 3.55. The Kier molecular flexibility index (Phi) is 5.08. The summed E-state index contributed by atoms with van der Waals surface area (Å²) < 4.78 is 29.8. The lowest BCUT2D eigenvalue weighted by Crippen LogP contribution is -2.18. The lowest BCUT2D eigenvalue weighted by atomic mass is 10.2. The molecule has 3 rings (SSSR count). The molecule has 26 heavy (non-hydrogen) atoms. The molecule has 1 saturated heterocycles. The smallest absolute Gasteiger partial charge is 0.339 e. The van der Waals surface area contributed by atoms with Gasteiger partial charge in [-0.15, -0.1) is 0 Å². The van der Waals surface area contributed by atoms with Gasteiger partial charge in [-0.05, 0) is 54.6 Å². The highest BCUT2D eigenvalue weighted by Gasteiger charge is 2.22. The van der Waals surface area contributed by atoms with E-state index in [2.05, 4.69) is 5.32 Å². The van der Waals surface area contributed by atoms with Gasteiger partial charge in [-0.1, -0.05) is 35.4 Å². The molecular formula is C17H13ClN2O4S2. The summed E-state index contributed by atoms with van der Waals surface area (Å²) in [6.07, 6.45) is 1.56. The standard InChI is InChI=1S/C17H13ClN2O4S2/c1-10-2-5-12(6-3-10)26(22,23)24-14-7-4-11(8-13(14)18)9-15-16(21)20-17(19)25-15/h2-9H,1H3,(H2,19,20,21)/b15-9-. The van der Waals surface area contributed by atoms with Crippen LogP contribution in [0.1, 0.15) is 11.1 Å². The van der Waals surface area contributed by atoms with E-state index in [1.165, 1.54) is 24.3 Å². The Morgan fingerprint density at radius 2 is 1.88 bits per heavy atom. The van der Waals surface area contributed by atoms with E-state index >= 15 is 0 Å². The van der Waals surface area contributed by atoms with Crippen LogP contribution in [-0.4, -0.2) is 19.5 Å². The van der Waals surface area contributed by atoms with E-state index in [0.717, 1.165) is 17.3 Å². The predicted molar refractivity (Wildman–Crippen MR) is 102 cm³/mol. The van der Waals surface area contributed by atoms with Crippen molar-refractivity contribution in [3.8, 4) is 5.75 Å². The van der Waals surface area contributed by atoms with E-state index in [4.69, 9.17) is 21.2 Å². The number of hydrogen-bond acceptors (Lipinski definition) is 6. The van der Waals surface area contributed by atoms with Gasteiger partial charge in [0.2, 0.25) is 0 Å². The van der Waals surface area contributed by atoms with Gasteiger partial charge < -0.3 is 9.50 Å². The van der Waals surface area contributed by atoms with Crippen molar-refractivity contribution in [3.63, 3.8) is 0 Å². The minimum atomic E-state index is -4.00. The minimum Gasteiger partial charge on any atom is -0.377 e. The zero-order valence-corrected chi connectivity index (χ0v) is 15.8. The summed E-state index contributed by atoms with van der Waals surface area (Å²) in [5, 5.41) is 9.93. The summed E-state index contributed by atoms with van der Waals surface area (Å²) in [6.45, 7) is 1.85. The van der Waals surface area contributed by atoms with Gasteiger partial charge in [-0.25, -0.2) is 0 Å². The molecule has 0 atom stereocenters. The second kappa shape index (κ2) is 7.14. The second-order valence-electron chi connectivity index (χ2n) is 5.43. The van der Waals surface area contributed by atoms with Crippen LogP contribution in [-0.2, 0) is 14.9 Å². The fourth-order valence-corrected chi connectivity index (χ4v) is 4.06. The second-order valence-corrected chi connectivity index (χ2v) is 8.44. The van der Waals surface area contributed by atoms with Crippen molar-refractivity contribution in [2.24, 2.45) is 0 Å². The molecule has 2 aromatic carbocycles. The van der Waals surface area contributed by atoms with Crippen molar-refractivity contribution in [2.75, 3.05) is 0 Å². The molecule has 6 nitrogen and oxygen atoms in total. The number of amides is 1. The molecular weight excluding hydrogens is 396 g/mol. The first-order valence-electron chi connectivity index (χ1n) is 7.35. The maximum Gasteiger partial charge on any atom is 0.339 e. The largest absolute Gasteiger partial charge is 0.377 e. The molecule has 0 unspecified atom stereocenters. The van der Waals surface area contributed by atoms with Gasteiger partial charge >= 0.3 is 10.1 Å². The molecule has 0 bridgehead atoms. The lowest BCUT2D eigenvalue weighted by molar-refractivity contribution is -0.115. The van der Waals surface area contributed by atoms with Gasteiger partial charge in [-0.2, -0.15) is 8.42 Å². The van der Waals surface area contributed by atoms with Crippen LogP contribution in [0.25, 0.3) is 6.08 Å². The van der Waals surface area contributed by atoms with Crippen LogP contribution in [0.4, 0.5) is 0 Å². The van der Waals surface area contributed by atoms with Crippen molar-refractivity contribution in [1.82, 2.24) is 5.32 Å². The number of carbonyl (C=O) groups excluding carboxylic acids is 1. The first-order chi connectivity index (χ1) is 12.2. The van der Waals surface area contributed by atoms with Crippen LogP contribution in [0.3, 0.4) is 0 Å². The third-order valence-electron chi connectivity index (χ3n) is 3.43. The Morgan fingerprint density at radius 3 is 2.46 bits per heavy atom. The van der Waals surface area contributed by atoms with E-state index in [0.29, 0.717) is 10.5 Å². The van der Waals surface area contributed by atoms with E-state index in [1.54, 1.807) is 24.3 Å². The number of rotatable bonds is 4. The molecule has 1 fully saturated rings. The number of aryl methyl sites for hydroxylation is 1. The van der Waals surface area contributed by atoms with Gasteiger partial charge in [0.05, 0.1) is 9.93 Å². The van der Waals surface area contributed by atoms with Gasteiger partial charge in [-0.3, -0.25) is 10.2 Å². The van der Waals surface area contributed by atoms with Crippen LogP contribution in [0.5, 0.6) is 5.75 Å². The van der Waals surface area contributed by atoms with E-state index in [9.17, 15) is 13.2 Å². The van der Waals surface area contributed by atoms with Crippen LogP contribution in [0, 0.1) is 12.3 Å². The fraction of sp³-hybridized carbons (Fsp3) is 0.0588. The first kappa shape index (κ1) is 18.5. The Bertz CT molecular complexity index is 1030. The van der Waals surface area contributed by atoms with Crippen molar-refractivity contribution in [1.29, 1.82) is 5.41 Å². The lowest BCUT2D eigenvalue weighted by Gasteiger charge is -2.09. The monoisotopic (exact) mass is 408 g/mol. The van der Waals surface area contributed by atoms with E-state index in [1.807, 2.05) is 6.92 Å². The topological polar surface area (TPSA) is 96.3 Å². The molecule has 0 radical (unpaired) electrons. The number of thioether (sulfide) groups is 1. The fourth-order valence-electron chi connectivity index (χ4n) is 2.14. The van der Waals surface area contributed by atoms with Gasteiger partial charge in [0.1, 0.15) is 4.90 Å². The van der Waals surface area contributed by atoms with Crippen LogP contribution in [0.2, 0.25) is 5.02 Å². The van der Waals surface area contributed by atoms with Crippen LogP contribution >= 0.6 is 23.4 Å². The number of carbonyl (C=O) groups is 1. The van der Waals surface area contributed by atoms with Gasteiger partial charge in [0.15, 0.2) is 10.9 Å². The highest BCUT2D eigenvalue weighted by atomic mass is 35.5. The van der Waals surface area contributed by atoms with Gasteiger partial charge in [0.25, 0.3) is 5.91 Å². The Morgan fingerprint density at radius 1 is 1.19 bits per heavy atom. The summed E-state index contributed by atoms with van der Waals surface area (Å²) >= 11 is 7.13. The summed E-state index contributed by atoms with van der Waals surface area (Å²) in [5.74, 6) is -0.371. The molecule has 1 amide bonds. The number of halogens is 1. The quantitative estimate of drug-likeness (QED) is 0.595. The molecule has 134 valence electrons. The summed E-state index contributed by atoms with van der Waals surface area (Å²) in [6, 6.07) is 10.8. The number of hydrogen-bond donors (Lipinski definition) is 2. The highest BCUT2D eigenvalue weighted by molar-refractivity contribution is 8.18. The van der Waals surface area contributed by atoms with Crippen LogP contribution < -0.4 is 9.50 Å². The molecule has 1 heterocycles. The Hall–Kier alpha value is -2.29. The van der Waals surface area contributed by atoms with Crippen molar-refractivity contribution in [3.05, 3.63) is 63.5 Å². The molecule has 9 heteroatoms. The minimum absolute atomic E-state index is 0.00865. The average molecular weight is 409 g/mol. The van der Waals surface area contributed by atoms with Crippen molar-refractivity contribution < 1.29 is 17.4 Å². The molecule has 0 spiro atoms. The van der Waals surface area contributed by atoms with E-state index < -0.39 is 10.1 Å². The molecule has 0 aliphatic carbocycles. The zero-order chi connectivity index (χ0) is 18.9. The molecule has 2 aromatic rings. The SMILES string of the molecule is Cc1ccc(S(=O)(=O)Oc2ccc(/C=C3\SC(=N)NC3=O)cc2Cl)cc1. The van der Waals surface area contributed by atoms with Crippen molar-refractivity contribution in [2.45, 2.75) is 11.8 Å². The molecule has 1 aliphatic heterocycles. The Balaban J connectivity index is 1.84. The molecule has 1 aliphatic rings. The highest BCUT2D eigenvalue weighted by Crippen LogP contribution is 2.31. The molecule has 0 saturated carbocycles. The third-order valence-corrected chi connectivity index (χ3v) is 5.80. The summed E-state index contributed by atoms with van der Waals surface area (Å²) in [5.41, 5.74) is 1.52. The normalized spacial score (nSPS) is 16.0. The molecule has 0 aromatic heterocycles.